The van der Waals surface area contributed by atoms with Crippen molar-refractivity contribution >= 4 is 17.9 Å². The van der Waals surface area contributed by atoms with Crippen molar-refractivity contribution in [3.63, 3.8) is 0 Å². The van der Waals surface area contributed by atoms with Crippen LogP contribution in [0.1, 0.15) is 6.92 Å². The maximum Gasteiger partial charge on any atom is 0.370 e. The van der Waals surface area contributed by atoms with Gasteiger partial charge in [-0.2, -0.15) is 0 Å². The van der Waals surface area contributed by atoms with Crippen molar-refractivity contribution in [1.82, 2.24) is 10.6 Å². The average Bonchev–Trinajstić information content (AvgIpc) is 2.45. The fourth-order valence-corrected chi connectivity index (χ4v) is 2.16. The molecule has 23 heavy (non-hydrogen) atoms. The summed E-state index contributed by atoms with van der Waals surface area (Å²) in [6, 6.07) is -3.23. The average molecular weight is 333 g/mol. The molecule has 0 unspecified atom stereocenters. The molecule has 0 saturated carbocycles. The van der Waals surface area contributed by atoms with Crippen molar-refractivity contribution in [2.75, 3.05) is 6.61 Å². The quantitative estimate of drug-likeness (QED) is 0.261. The number of nitrogens with one attached hydrogen (secondary N) is 2. The van der Waals surface area contributed by atoms with Crippen molar-refractivity contribution in [1.29, 1.82) is 0 Å². The van der Waals surface area contributed by atoms with Crippen LogP contribution in [-0.2, 0) is 14.3 Å². The molecule has 0 fully saturated rings. The van der Waals surface area contributed by atoms with Gasteiger partial charge in [-0.15, -0.1) is 0 Å². The smallest absolute Gasteiger partial charge is 0.370 e. The van der Waals surface area contributed by atoms with Crippen LogP contribution in [0.15, 0.2) is 11.8 Å². The molecule has 1 rings (SSSR count). The van der Waals surface area contributed by atoms with Crippen LogP contribution in [-0.4, -0.2) is 75.3 Å². The summed E-state index contributed by atoms with van der Waals surface area (Å²) in [5, 5.41) is 42.1. The number of nitrogens with two attached hydrogens (primary N) is 1. The van der Waals surface area contributed by atoms with Gasteiger partial charge in [0, 0.05) is 6.92 Å². The molecule has 0 aromatic heterocycles. The second kappa shape index (κ2) is 7.76. The molecular formula is C12H19N3O8. The van der Waals surface area contributed by atoms with E-state index in [1.165, 1.54) is 0 Å². The van der Waals surface area contributed by atoms with Gasteiger partial charge in [0.05, 0.1) is 18.7 Å². The normalized spacial score (nSPS) is 26.3. The predicted octanol–water partition coefficient (Wildman–Crippen LogP) is -3.39. The van der Waals surface area contributed by atoms with Gasteiger partial charge in [-0.1, -0.05) is 0 Å². The summed E-state index contributed by atoms with van der Waals surface area (Å²) in [5.41, 5.74) is 5.01. The van der Waals surface area contributed by atoms with Gasteiger partial charge < -0.3 is 41.5 Å². The van der Waals surface area contributed by atoms with Gasteiger partial charge in [-0.25, -0.2) is 9.59 Å². The zero-order valence-corrected chi connectivity index (χ0v) is 12.2. The number of urea groups is 1. The minimum Gasteiger partial charge on any atom is -0.478 e. The standard InChI is InChI=1S/C12H19N3O8/c1-4(17)14-8-5(15-12(13)22)2-7(11(20)21)23-10(8)9(19)6(18)3-16/h2,5-6,8-10,16,18-19H,3H2,1H3,(H,14,17)(H,20,21)(H3,13,15,22)/t5-,6+,8+,9+,10+/m0/s1. The van der Waals surface area contributed by atoms with Crippen molar-refractivity contribution in [3.8, 4) is 0 Å². The summed E-state index contributed by atoms with van der Waals surface area (Å²) in [6.45, 7) is 0.331. The van der Waals surface area contributed by atoms with E-state index in [4.69, 9.17) is 20.7 Å². The monoisotopic (exact) mass is 333 g/mol. The SMILES string of the molecule is CC(=O)N[C@H]1[C@H]([C@H](O)[C@H](O)CO)OC(C(=O)O)=C[C@@H]1NC(N)=O. The third-order valence-corrected chi connectivity index (χ3v) is 3.14. The third-order valence-electron chi connectivity index (χ3n) is 3.14. The number of hydrogen-bond acceptors (Lipinski definition) is 7. The molecule has 0 aromatic rings. The molecule has 0 bridgehead atoms. The van der Waals surface area contributed by atoms with Crippen molar-refractivity contribution in [2.24, 2.45) is 5.73 Å². The Labute approximate surface area is 130 Å². The lowest BCUT2D eigenvalue weighted by atomic mass is 9.92. The van der Waals surface area contributed by atoms with Crippen LogP contribution in [0.5, 0.6) is 0 Å². The van der Waals surface area contributed by atoms with Crippen molar-refractivity contribution < 1.29 is 39.5 Å². The molecular weight excluding hydrogens is 314 g/mol. The number of carbonyl (C=O) groups is 3. The first-order valence-corrected chi connectivity index (χ1v) is 6.59. The van der Waals surface area contributed by atoms with E-state index in [0.717, 1.165) is 13.0 Å². The van der Waals surface area contributed by atoms with Crippen LogP contribution in [0.25, 0.3) is 0 Å². The van der Waals surface area contributed by atoms with E-state index < -0.39 is 60.7 Å². The molecule has 130 valence electrons. The molecule has 11 heteroatoms. The highest BCUT2D eigenvalue weighted by atomic mass is 16.5. The van der Waals surface area contributed by atoms with Crippen LogP contribution in [0, 0.1) is 0 Å². The maximum absolute atomic E-state index is 11.3. The molecule has 0 saturated heterocycles. The second-order valence-electron chi connectivity index (χ2n) is 4.92. The molecule has 11 nitrogen and oxygen atoms in total. The lowest BCUT2D eigenvalue weighted by molar-refractivity contribution is -0.146. The Morgan fingerprint density at radius 1 is 1.35 bits per heavy atom. The molecule has 1 aliphatic rings. The fraction of sp³-hybridized carbons (Fsp3) is 0.583. The van der Waals surface area contributed by atoms with E-state index in [2.05, 4.69) is 10.6 Å². The number of aliphatic hydroxyl groups is 3. The summed E-state index contributed by atoms with van der Waals surface area (Å²) < 4.78 is 5.09. The van der Waals surface area contributed by atoms with Crippen LogP contribution < -0.4 is 16.4 Å². The highest BCUT2D eigenvalue weighted by Gasteiger charge is 2.43. The number of ether oxygens (including phenoxy) is 1. The second-order valence-corrected chi connectivity index (χ2v) is 4.92. The zero-order chi connectivity index (χ0) is 17.7. The van der Waals surface area contributed by atoms with Gasteiger partial charge in [-0.3, -0.25) is 4.79 Å². The van der Waals surface area contributed by atoms with Gasteiger partial charge in [0.1, 0.15) is 18.3 Å². The summed E-state index contributed by atoms with van der Waals surface area (Å²) >= 11 is 0. The molecule has 0 spiro atoms. The number of primary amides is 1. The number of aliphatic carboxylic acids is 1. The predicted molar refractivity (Wildman–Crippen MR) is 73.8 cm³/mol. The van der Waals surface area contributed by atoms with E-state index >= 15 is 0 Å². The highest BCUT2D eigenvalue weighted by Crippen LogP contribution is 2.23. The summed E-state index contributed by atoms with van der Waals surface area (Å²) in [7, 11) is 0. The molecule has 1 aliphatic heterocycles. The zero-order valence-electron chi connectivity index (χ0n) is 12.2. The number of rotatable bonds is 6. The van der Waals surface area contributed by atoms with Gasteiger partial charge in [0.15, 0.2) is 0 Å². The fourth-order valence-electron chi connectivity index (χ4n) is 2.16. The Balaban J connectivity index is 3.22. The molecule has 0 aliphatic carbocycles. The molecule has 5 atom stereocenters. The number of hydrogen-bond donors (Lipinski definition) is 7. The Morgan fingerprint density at radius 2 is 1.96 bits per heavy atom. The molecule has 8 N–H and O–H groups in total. The number of amides is 3. The third kappa shape index (κ3) is 4.81. The first-order chi connectivity index (χ1) is 10.7. The Kier molecular flexibility index (Phi) is 6.30. The van der Waals surface area contributed by atoms with Gasteiger partial charge in [0.25, 0.3) is 0 Å². The van der Waals surface area contributed by atoms with Crippen molar-refractivity contribution in [3.05, 3.63) is 11.8 Å². The van der Waals surface area contributed by atoms with Crippen LogP contribution in [0.2, 0.25) is 0 Å². The number of carboxylic acid groups (broad SMARTS) is 1. The summed E-state index contributed by atoms with van der Waals surface area (Å²) in [4.78, 5) is 33.5. The minimum absolute atomic E-state index is 0.558. The van der Waals surface area contributed by atoms with Crippen LogP contribution in [0.4, 0.5) is 4.79 Å². The molecule has 0 radical (unpaired) electrons. The maximum atomic E-state index is 11.3. The Morgan fingerprint density at radius 3 is 2.39 bits per heavy atom. The van der Waals surface area contributed by atoms with Gasteiger partial charge in [-0.05, 0) is 6.08 Å². The highest BCUT2D eigenvalue weighted by molar-refractivity contribution is 5.85. The molecule has 1 heterocycles. The lowest BCUT2D eigenvalue weighted by Gasteiger charge is -2.39. The van der Waals surface area contributed by atoms with E-state index in [9.17, 15) is 24.6 Å². The Hall–Kier alpha value is -2.37. The minimum atomic E-state index is -1.74. The Bertz CT molecular complexity index is 509. The lowest BCUT2D eigenvalue weighted by Crippen LogP contribution is -2.64. The van der Waals surface area contributed by atoms with E-state index in [1.54, 1.807) is 0 Å². The molecule has 3 amide bonds. The van der Waals surface area contributed by atoms with Gasteiger partial charge >= 0.3 is 12.0 Å². The van der Waals surface area contributed by atoms with Crippen LogP contribution in [0.3, 0.4) is 0 Å². The summed E-state index contributed by atoms with van der Waals surface area (Å²) in [5.74, 6) is -2.66. The van der Waals surface area contributed by atoms with E-state index in [-0.39, 0.29) is 0 Å². The van der Waals surface area contributed by atoms with Gasteiger partial charge in [0.2, 0.25) is 11.7 Å². The number of carboxylic acids is 1. The van der Waals surface area contributed by atoms with Crippen LogP contribution >= 0.6 is 0 Å². The largest absolute Gasteiger partial charge is 0.478 e. The first-order valence-electron chi connectivity index (χ1n) is 6.59. The molecule has 0 aromatic carbocycles. The van der Waals surface area contributed by atoms with E-state index in [1.807, 2.05) is 0 Å². The first kappa shape index (κ1) is 18.7. The topological polar surface area (TPSA) is 191 Å². The number of aliphatic hydroxyl groups excluding tert-OH is 3. The van der Waals surface area contributed by atoms with Crippen molar-refractivity contribution in [2.45, 2.75) is 37.3 Å². The number of carbonyl (C=O) groups excluding carboxylic acids is 2. The summed E-state index contributed by atoms with van der Waals surface area (Å²) in [6.07, 6.45) is -3.84. The van der Waals surface area contributed by atoms with E-state index in [0.29, 0.717) is 0 Å².